The topological polar surface area (TPSA) is 80.0 Å². The maximum Gasteiger partial charge on any atom is 0.275 e. The van der Waals surface area contributed by atoms with Crippen molar-refractivity contribution in [2.24, 2.45) is 5.84 Å². The van der Waals surface area contributed by atoms with Crippen LogP contribution in [-0.2, 0) is 0 Å². The van der Waals surface area contributed by atoms with Crippen LogP contribution < -0.4 is 16.6 Å². The second-order valence-electron chi connectivity index (χ2n) is 4.50. The fraction of sp³-hybridized carbons (Fsp3) is 0.143. The second-order valence-corrected chi connectivity index (χ2v) is 4.91. The third kappa shape index (κ3) is 3.26. The lowest BCUT2D eigenvalue weighted by molar-refractivity contribution is 0.102. The molecule has 0 aliphatic rings. The number of amides is 1. The number of nitrogens with two attached hydrogens (primary N) is 1. The number of nitrogen functional groups attached to an aromatic ring is 1. The molecule has 6 heteroatoms. The molecule has 0 saturated carbocycles. The van der Waals surface area contributed by atoms with Crippen molar-refractivity contribution in [2.45, 2.75) is 13.8 Å². The van der Waals surface area contributed by atoms with Crippen molar-refractivity contribution in [1.82, 2.24) is 4.98 Å². The highest BCUT2D eigenvalue weighted by atomic mass is 35.5. The SMILES string of the molecule is Cc1cc(C)cc(NC(=O)c2nc(NN)ccc2Cl)c1. The van der Waals surface area contributed by atoms with Gasteiger partial charge >= 0.3 is 0 Å². The molecule has 104 valence electrons. The van der Waals surface area contributed by atoms with E-state index in [1.54, 1.807) is 12.1 Å². The van der Waals surface area contributed by atoms with Crippen molar-refractivity contribution in [2.75, 3.05) is 10.7 Å². The van der Waals surface area contributed by atoms with Gasteiger partial charge in [-0.25, -0.2) is 10.8 Å². The number of benzene rings is 1. The lowest BCUT2D eigenvalue weighted by Crippen LogP contribution is -2.17. The van der Waals surface area contributed by atoms with Crippen molar-refractivity contribution in [3.8, 4) is 0 Å². The van der Waals surface area contributed by atoms with Crippen molar-refractivity contribution < 1.29 is 4.79 Å². The van der Waals surface area contributed by atoms with E-state index in [-0.39, 0.29) is 16.6 Å². The summed E-state index contributed by atoms with van der Waals surface area (Å²) >= 11 is 5.98. The smallest absolute Gasteiger partial charge is 0.275 e. The number of halogens is 1. The number of carbonyl (C=O) groups excluding carboxylic acids is 1. The average Bonchev–Trinajstić information content (AvgIpc) is 2.37. The summed E-state index contributed by atoms with van der Waals surface area (Å²) in [7, 11) is 0. The minimum absolute atomic E-state index is 0.126. The first-order chi connectivity index (χ1) is 9.49. The summed E-state index contributed by atoms with van der Waals surface area (Å²) < 4.78 is 0. The molecule has 0 atom stereocenters. The Labute approximate surface area is 122 Å². The predicted molar refractivity (Wildman–Crippen MR) is 80.9 cm³/mol. The monoisotopic (exact) mass is 290 g/mol. The summed E-state index contributed by atoms with van der Waals surface area (Å²) in [5, 5.41) is 3.05. The molecule has 0 spiro atoms. The Kier molecular flexibility index (Phi) is 4.22. The molecular weight excluding hydrogens is 276 g/mol. The molecule has 0 bridgehead atoms. The largest absolute Gasteiger partial charge is 0.321 e. The Morgan fingerprint density at radius 3 is 2.45 bits per heavy atom. The Bertz CT molecular complexity index is 637. The summed E-state index contributed by atoms with van der Waals surface area (Å²) in [4.78, 5) is 16.3. The number of aryl methyl sites for hydroxylation is 2. The molecule has 5 nitrogen and oxygen atoms in total. The van der Waals surface area contributed by atoms with E-state index in [2.05, 4.69) is 15.7 Å². The van der Waals surface area contributed by atoms with Gasteiger partial charge in [0.05, 0.1) is 5.02 Å². The summed E-state index contributed by atoms with van der Waals surface area (Å²) in [6.45, 7) is 3.93. The van der Waals surface area contributed by atoms with E-state index < -0.39 is 0 Å². The molecule has 2 rings (SSSR count). The van der Waals surface area contributed by atoms with Gasteiger partial charge in [-0.15, -0.1) is 0 Å². The van der Waals surface area contributed by atoms with Crippen LogP contribution in [0, 0.1) is 13.8 Å². The molecule has 0 radical (unpaired) electrons. The van der Waals surface area contributed by atoms with Crippen LogP contribution in [0.1, 0.15) is 21.6 Å². The molecule has 20 heavy (non-hydrogen) atoms. The van der Waals surface area contributed by atoms with Crippen LogP contribution in [0.2, 0.25) is 5.02 Å². The van der Waals surface area contributed by atoms with Crippen molar-refractivity contribution >= 4 is 29.0 Å². The molecule has 0 unspecified atom stereocenters. The second kappa shape index (κ2) is 5.90. The zero-order chi connectivity index (χ0) is 14.7. The summed E-state index contributed by atoms with van der Waals surface area (Å²) in [6.07, 6.45) is 0. The number of hydrogen-bond acceptors (Lipinski definition) is 4. The normalized spacial score (nSPS) is 10.2. The number of hydrazine groups is 1. The van der Waals surface area contributed by atoms with Gasteiger partial charge in [-0.1, -0.05) is 17.7 Å². The summed E-state index contributed by atoms with van der Waals surface area (Å²) in [6, 6.07) is 8.95. The molecule has 1 aromatic carbocycles. The first kappa shape index (κ1) is 14.3. The third-order valence-corrected chi connectivity index (χ3v) is 2.99. The van der Waals surface area contributed by atoms with Gasteiger partial charge in [0.1, 0.15) is 11.5 Å². The van der Waals surface area contributed by atoms with Crippen LogP contribution in [0.25, 0.3) is 0 Å². The highest BCUT2D eigenvalue weighted by molar-refractivity contribution is 6.34. The maximum absolute atomic E-state index is 12.2. The van der Waals surface area contributed by atoms with Crippen LogP contribution in [0.3, 0.4) is 0 Å². The highest BCUT2D eigenvalue weighted by Gasteiger charge is 2.13. The van der Waals surface area contributed by atoms with Gasteiger partial charge in [-0.2, -0.15) is 0 Å². The van der Waals surface area contributed by atoms with Crippen LogP contribution in [-0.4, -0.2) is 10.9 Å². The molecule has 4 N–H and O–H groups in total. The number of hydrogen-bond donors (Lipinski definition) is 3. The van der Waals surface area contributed by atoms with Crippen LogP contribution in [0.4, 0.5) is 11.5 Å². The van der Waals surface area contributed by atoms with Crippen LogP contribution >= 0.6 is 11.6 Å². The molecular formula is C14H15ClN4O. The zero-order valence-electron chi connectivity index (χ0n) is 11.2. The Morgan fingerprint density at radius 2 is 1.85 bits per heavy atom. The number of carbonyl (C=O) groups is 1. The van der Waals surface area contributed by atoms with Crippen molar-refractivity contribution in [3.63, 3.8) is 0 Å². The number of anilines is 2. The van der Waals surface area contributed by atoms with Crippen molar-refractivity contribution in [3.05, 3.63) is 52.2 Å². The van der Waals surface area contributed by atoms with Crippen LogP contribution in [0.5, 0.6) is 0 Å². The quantitative estimate of drug-likeness (QED) is 0.600. The predicted octanol–water partition coefficient (Wildman–Crippen LogP) is 2.89. The van der Waals surface area contributed by atoms with E-state index in [0.29, 0.717) is 11.5 Å². The minimum Gasteiger partial charge on any atom is -0.321 e. The van der Waals surface area contributed by atoms with E-state index in [0.717, 1.165) is 11.1 Å². The van der Waals surface area contributed by atoms with Gasteiger partial charge in [0.15, 0.2) is 0 Å². The lowest BCUT2D eigenvalue weighted by Gasteiger charge is -2.09. The maximum atomic E-state index is 12.2. The standard InChI is InChI=1S/C14H15ClN4O/c1-8-5-9(2)7-10(6-8)17-14(20)13-11(15)3-4-12(18-13)19-16/h3-7H,16H2,1-2H3,(H,17,20)(H,18,19). The minimum atomic E-state index is -0.378. The number of nitrogens with zero attached hydrogens (tertiary/aromatic N) is 1. The van der Waals surface area contributed by atoms with E-state index in [1.165, 1.54) is 0 Å². The number of pyridine rings is 1. The van der Waals surface area contributed by atoms with Gasteiger partial charge in [0.25, 0.3) is 5.91 Å². The van der Waals surface area contributed by atoms with Gasteiger partial charge in [-0.3, -0.25) is 4.79 Å². The van der Waals surface area contributed by atoms with E-state index >= 15 is 0 Å². The molecule has 0 aliphatic carbocycles. The van der Waals surface area contributed by atoms with Crippen LogP contribution in [0.15, 0.2) is 30.3 Å². The summed E-state index contributed by atoms with van der Waals surface area (Å²) in [5.41, 5.74) is 5.35. The average molecular weight is 291 g/mol. The molecule has 0 aliphatic heterocycles. The van der Waals surface area contributed by atoms with Gasteiger partial charge in [-0.05, 0) is 49.2 Å². The van der Waals surface area contributed by atoms with E-state index in [4.69, 9.17) is 17.4 Å². The lowest BCUT2D eigenvalue weighted by atomic mass is 10.1. The molecule has 0 fully saturated rings. The zero-order valence-corrected chi connectivity index (χ0v) is 12.0. The first-order valence-electron chi connectivity index (χ1n) is 6.02. The Morgan fingerprint density at radius 1 is 1.20 bits per heavy atom. The van der Waals surface area contributed by atoms with Crippen molar-refractivity contribution in [1.29, 1.82) is 0 Å². The Balaban J connectivity index is 2.27. The fourth-order valence-corrected chi connectivity index (χ4v) is 2.11. The molecule has 1 amide bonds. The summed E-state index contributed by atoms with van der Waals surface area (Å²) in [5.74, 6) is 5.27. The molecule has 1 heterocycles. The van der Waals surface area contributed by atoms with Gasteiger partial charge < -0.3 is 10.7 Å². The number of rotatable bonds is 3. The molecule has 0 saturated heterocycles. The van der Waals surface area contributed by atoms with Gasteiger partial charge in [0.2, 0.25) is 0 Å². The Hall–Kier alpha value is -2.11. The highest BCUT2D eigenvalue weighted by Crippen LogP contribution is 2.19. The van der Waals surface area contributed by atoms with E-state index in [1.807, 2.05) is 32.0 Å². The number of aromatic nitrogens is 1. The fourth-order valence-electron chi connectivity index (χ4n) is 1.92. The number of nitrogens with one attached hydrogen (secondary N) is 2. The van der Waals surface area contributed by atoms with Gasteiger partial charge in [0, 0.05) is 5.69 Å². The van der Waals surface area contributed by atoms with E-state index in [9.17, 15) is 4.79 Å². The molecule has 1 aromatic heterocycles. The first-order valence-corrected chi connectivity index (χ1v) is 6.40. The third-order valence-electron chi connectivity index (χ3n) is 2.69. The molecule has 2 aromatic rings.